The first kappa shape index (κ1) is 75.6. The number of rotatable bonds is 12. The minimum atomic E-state index is -5.95. The van der Waals surface area contributed by atoms with Crippen LogP contribution in [0.25, 0.3) is 0 Å². The van der Waals surface area contributed by atoms with Gasteiger partial charge < -0.3 is 37.7 Å². The molecular weight excluding hydrogens is 1290 g/mol. The number of phosphoric acid groups is 4. The smallest absolute Gasteiger partial charge is 0.744 e. The van der Waals surface area contributed by atoms with Crippen LogP contribution < -0.4 is 19.6 Å². The molecule has 4 rings (SSSR count). The molecule has 0 aromatic rings. The van der Waals surface area contributed by atoms with E-state index >= 15 is 0 Å². The molecule has 48 heteroatoms. The summed E-state index contributed by atoms with van der Waals surface area (Å²) in [4.78, 5) is 40.9. The minimum absolute atomic E-state index is 0. The van der Waals surface area contributed by atoms with Crippen molar-refractivity contribution in [2.24, 2.45) is 0 Å². The number of alkyl halides is 8. The summed E-state index contributed by atoms with van der Waals surface area (Å²) in [5, 5.41) is 22.0. The second-order valence-corrected chi connectivity index (χ2v) is 15.3. The van der Waals surface area contributed by atoms with Crippen molar-refractivity contribution < 1.29 is 200 Å². The number of phosphoric ester groups is 4. The van der Waals surface area contributed by atoms with Crippen LogP contribution in [0.5, 0.6) is 0 Å². The van der Waals surface area contributed by atoms with Crippen molar-refractivity contribution in [3.05, 3.63) is 93.0 Å². The molecule has 0 aromatic carbocycles. The maximum atomic E-state index is 12.6. The summed E-state index contributed by atoms with van der Waals surface area (Å²) in [5.41, 5.74) is 0. The summed E-state index contributed by atoms with van der Waals surface area (Å²) < 4.78 is 356. The fourth-order valence-electron chi connectivity index (χ4n) is 3.18. The summed E-state index contributed by atoms with van der Waals surface area (Å²) in [6.07, 6.45) is 0. The average Bonchev–Trinajstić information content (AvgIpc) is 3.67. The molecule has 4 aliphatic carbocycles. The second kappa shape index (κ2) is 29.4. The van der Waals surface area contributed by atoms with Gasteiger partial charge in [-0.1, -0.05) is 0 Å². The van der Waals surface area contributed by atoms with Crippen LogP contribution in [0, 0.1) is 34.0 Å². The van der Waals surface area contributed by atoms with Gasteiger partial charge in [0.25, 0.3) is 0 Å². The van der Waals surface area contributed by atoms with Crippen LogP contribution in [0.3, 0.4) is 0 Å². The van der Waals surface area contributed by atoms with Crippen LogP contribution in [0.15, 0.2) is 93.0 Å². The van der Waals surface area contributed by atoms with Gasteiger partial charge in [-0.15, -0.1) is 18.9 Å². The van der Waals surface area contributed by atoms with Gasteiger partial charge in [0, 0.05) is 20.8 Å². The molecule has 420 valence electrons. The Morgan fingerprint density at radius 3 is 0.527 bits per heavy atom. The van der Waals surface area contributed by atoms with E-state index in [-0.39, 0.29) is 19.5 Å². The SMILES string of the molecule is CC#N.CC#N.CC#N.O=P([O-])(OF)OC1=C(F)C(F)=C(F)C1(F)F.O=P([O-])(OF)OC1=C(F)C(F)=C(F)C1(F)F.O=P([O-])(OF)OC1=C(F)C(F)=C(F)C1(F)F.O=P([O-])(OF)OC1=C(F)C(F)=C(F)C1(F)F.[Ru+4]. The van der Waals surface area contributed by atoms with Crippen molar-refractivity contribution in [3.63, 3.8) is 0 Å². The standard InChI is InChI=1S/4C5HF6O4P.3C2H3N.Ru/c4*6-1-2(7)4(5(9,10)3(1)8)14-16(12,13)15-11;3*1-2-3;/h4*(H,12,13);3*1H3;/q;;;;;;;+4/p-4. The van der Waals surface area contributed by atoms with Gasteiger partial charge in [-0.2, -0.15) is 68.5 Å². The predicted octanol–water partition coefficient (Wildman–Crippen LogP) is 11.0. The molecule has 0 aromatic heterocycles. The molecule has 0 N–H and O–H groups in total. The van der Waals surface area contributed by atoms with E-state index in [9.17, 15) is 144 Å². The predicted molar refractivity (Wildman–Crippen MR) is 167 cm³/mol. The maximum absolute atomic E-state index is 12.6. The largest absolute Gasteiger partial charge is 4.00 e. The van der Waals surface area contributed by atoms with Crippen LogP contribution in [-0.2, 0) is 74.7 Å². The Morgan fingerprint density at radius 1 is 0.351 bits per heavy atom. The summed E-state index contributed by atoms with van der Waals surface area (Å²) >= 11 is 0. The van der Waals surface area contributed by atoms with Gasteiger partial charge >= 0.3 is 74.5 Å². The van der Waals surface area contributed by atoms with Crippen LogP contribution >= 0.6 is 31.3 Å². The van der Waals surface area contributed by atoms with Gasteiger partial charge in [-0.05, 0) is 18.1 Å². The zero-order chi connectivity index (χ0) is 59.0. The van der Waals surface area contributed by atoms with Crippen LogP contribution in [0.1, 0.15) is 20.8 Å². The van der Waals surface area contributed by atoms with E-state index in [4.69, 9.17) is 15.8 Å². The number of hydrogen-bond donors (Lipinski definition) is 0. The normalized spacial score (nSPS) is 20.8. The Hall–Kier alpha value is -4.87. The zero-order valence-electron chi connectivity index (χ0n) is 33.6. The molecule has 0 saturated carbocycles. The van der Waals surface area contributed by atoms with Gasteiger partial charge in [0.05, 0.1) is 18.2 Å². The van der Waals surface area contributed by atoms with Crippen LogP contribution in [0.2, 0.25) is 0 Å². The Kier molecular flexibility index (Phi) is 30.1. The second-order valence-electron chi connectivity index (χ2n) is 10.5. The summed E-state index contributed by atoms with van der Waals surface area (Å²) in [5.74, 6) is -62.4. The van der Waals surface area contributed by atoms with E-state index in [0.29, 0.717) is 0 Å². The van der Waals surface area contributed by atoms with E-state index in [1.54, 1.807) is 18.2 Å². The third-order valence-electron chi connectivity index (χ3n) is 5.73. The molecule has 0 heterocycles. The zero-order valence-corrected chi connectivity index (χ0v) is 38.9. The summed E-state index contributed by atoms with van der Waals surface area (Å²) in [6.45, 7) is 4.29. The van der Waals surface area contributed by atoms with Gasteiger partial charge in [-0.25, -0.2) is 35.1 Å². The quantitative estimate of drug-likeness (QED) is 0.0995. The Labute approximate surface area is 402 Å². The summed E-state index contributed by atoms with van der Waals surface area (Å²) in [7, 11) is -23.8. The fourth-order valence-corrected chi connectivity index (χ4v) is 4.96. The van der Waals surface area contributed by atoms with E-state index in [2.05, 4.69) is 37.0 Å². The number of halogens is 24. The van der Waals surface area contributed by atoms with Crippen LogP contribution in [-0.4, -0.2) is 23.7 Å². The van der Waals surface area contributed by atoms with Crippen molar-refractivity contribution in [1.29, 1.82) is 15.8 Å². The van der Waals surface area contributed by atoms with Gasteiger partial charge in [-0.3, -0.25) is 18.3 Å². The first-order chi connectivity index (χ1) is 32.8. The molecule has 4 unspecified atom stereocenters. The number of hydrogen-bond acceptors (Lipinski definition) is 19. The molecule has 0 aliphatic heterocycles. The number of allylic oxidation sites excluding steroid dienone is 12. The number of nitrogens with zero attached hydrogens (tertiary/aromatic N) is 3. The van der Waals surface area contributed by atoms with E-state index < -0.39 is 148 Å². The van der Waals surface area contributed by atoms with E-state index in [1.807, 2.05) is 0 Å². The Balaban J connectivity index is -0.000000416. The van der Waals surface area contributed by atoms with Crippen LogP contribution in [0.4, 0.5) is 106 Å². The molecule has 0 bridgehead atoms. The van der Waals surface area contributed by atoms with Gasteiger partial charge in [0.1, 0.15) is 0 Å². The molecule has 74 heavy (non-hydrogen) atoms. The van der Waals surface area contributed by atoms with Gasteiger partial charge in [0.2, 0.25) is 93.0 Å². The summed E-state index contributed by atoms with van der Waals surface area (Å²) in [6, 6.07) is 5.25. The first-order valence-electron chi connectivity index (χ1n) is 15.3. The van der Waals surface area contributed by atoms with Crippen molar-refractivity contribution in [3.8, 4) is 18.2 Å². The topological polar surface area (TPSA) is 306 Å². The van der Waals surface area contributed by atoms with Gasteiger partial charge in [0.15, 0.2) is 0 Å². The maximum Gasteiger partial charge on any atom is 4.00 e. The van der Waals surface area contributed by atoms with Crippen molar-refractivity contribution in [2.45, 2.75) is 44.5 Å². The molecule has 0 spiro atoms. The third kappa shape index (κ3) is 19.4. The Morgan fingerprint density at radius 2 is 0.459 bits per heavy atom. The van der Waals surface area contributed by atoms with Crippen molar-refractivity contribution >= 4 is 31.3 Å². The first-order valence-corrected chi connectivity index (χ1v) is 21.1. The molecule has 4 atom stereocenters. The molecule has 0 fully saturated rings. The van der Waals surface area contributed by atoms with Crippen molar-refractivity contribution in [2.75, 3.05) is 0 Å². The molecule has 4 aliphatic rings. The number of nitriles is 3. The average molecular weight is 1300 g/mol. The minimum Gasteiger partial charge on any atom is -0.744 e. The Bertz CT molecular complexity index is 2330. The van der Waals surface area contributed by atoms with E-state index in [1.165, 1.54) is 20.8 Å². The van der Waals surface area contributed by atoms with Crippen molar-refractivity contribution in [1.82, 2.24) is 0 Å². The molecular formula is C26H9F24N3O16P4Ru. The molecule has 0 radical (unpaired) electrons. The monoisotopic (exact) mass is 1300 g/mol. The molecule has 0 saturated heterocycles. The third-order valence-corrected chi connectivity index (χ3v) is 8.03. The molecule has 19 nitrogen and oxygen atoms in total. The fraction of sp³-hybridized carbons (Fsp3) is 0.269. The van der Waals surface area contributed by atoms with E-state index in [0.717, 1.165) is 0 Å². The molecule has 0 amide bonds.